The number of hydroxylamine groups is 1. The number of amides is 1. The van der Waals surface area contributed by atoms with Crippen LogP contribution in [0.25, 0.3) is 0 Å². The van der Waals surface area contributed by atoms with Gasteiger partial charge in [0.15, 0.2) is 0 Å². The molecule has 1 fully saturated rings. The van der Waals surface area contributed by atoms with Gasteiger partial charge in [-0.25, -0.2) is 13.2 Å². The van der Waals surface area contributed by atoms with Gasteiger partial charge < -0.3 is 25.3 Å². The van der Waals surface area contributed by atoms with E-state index in [4.69, 9.17) is 0 Å². The number of aliphatic hydroxyl groups excluding tert-OH is 1. The van der Waals surface area contributed by atoms with Crippen molar-refractivity contribution in [2.24, 2.45) is 0 Å². The number of sulfonamides is 1. The first kappa shape index (κ1) is 27.2. The van der Waals surface area contributed by atoms with Gasteiger partial charge >= 0.3 is 5.97 Å². The smallest absolute Gasteiger partial charge is 0.331 e. The van der Waals surface area contributed by atoms with E-state index in [0.717, 1.165) is 37.9 Å². The van der Waals surface area contributed by atoms with Crippen molar-refractivity contribution in [1.82, 2.24) is 10.8 Å². The normalized spacial score (nSPS) is 15.2. The Labute approximate surface area is 210 Å². The van der Waals surface area contributed by atoms with Crippen LogP contribution < -0.4 is 20.4 Å². The second-order valence-electron chi connectivity index (χ2n) is 8.64. The Morgan fingerprint density at radius 2 is 1.81 bits per heavy atom. The van der Waals surface area contributed by atoms with Gasteiger partial charge in [0.25, 0.3) is 5.91 Å². The lowest BCUT2D eigenvalue weighted by atomic mass is 10.0. The van der Waals surface area contributed by atoms with Crippen LogP contribution in [0, 0.1) is 0 Å². The number of carbonyl (C=O) groups is 2. The van der Waals surface area contributed by atoms with Crippen LogP contribution in [0.5, 0.6) is 5.75 Å². The van der Waals surface area contributed by atoms with Gasteiger partial charge in [-0.1, -0.05) is 13.0 Å². The van der Waals surface area contributed by atoms with E-state index in [1.807, 2.05) is 12.1 Å². The summed E-state index contributed by atoms with van der Waals surface area (Å²) in [7, 11) is -3.56. The minimum absolute atomic E-state index is 0.0211. The molecular weight excluding hydrogens is 488 g/mol. The molecule has 12 heteroatoms. The third kappa shape index (κ3) is 7.83. The molecule has 1 aliphatic heterocycles. The number of nitrogens with one attached hydrogen (secondary N) is 3. The van der Waals surface area contributed by atoms with Crippen molar-refractivity contribution in [3.63, 3.8) is 0 Å². The summed E-state index contributed by atoms with van der Waals surface area (Å²) in [6.45, 7) is 3.49. The molecule has 196 valence electrons. The number of nitrogens with zero attached hydrogens (tertiary/aromatic N) is 1. The first-order chi connectivity index (χ1) is 17.1. The molecule has 1 heterocycles. The first-order valence-electron chi connectivity index (χ1n) is 11.6. The SMILES string of the molecule is CCC(=O)ONC(=O)c1ccc(N2CCC(NC[C@H](O)c3ccc(O)c(NS(C)(=O)=O)c3)CC2)cc1. The summed E-state index contributed by atoms with van der Waals surface area (Å²) < 4.78 is 25.2. The first-order valence-corrected chi connectivity index (χ1v) is 13.5. The fraction of sp³-hybridized carbons (Fsp3) is 0.417. The number of rotatable bonds is 9. The van der Waals surface area contributed by atoms with Crippen LogP contribution in [0.1, 0.15) is 48.2 Å². The van der Waals surface area contributed by atoms with Crippen LogP contribution in [0.15, 0.2) is 42.5 Å². The summed E-state index contributed by atoms with van der Waals surface area (Å²) in [6, 6.07) is 11.6. The summed E-state index contributed by atoms with van der Waals surface area (Å²) in [5.41, 5.74) is 4.00. The largest absolute Gasteiger partial charge is 0.506 e. The third-order valence-electron chi connectivity index (χ3n) is 5.84. The minimum atomic E-state index is -3.56. The molecule has 0 aliphatic carbocycles. The van der Waals surface area contributed by atoms with Gasteiger partial charge in [0.1, 0.15) is 5.75 Å². The molecule has 2 aromatic carbocycles. The van der Waals surface area contributed by atoms with Gasteiger partial charge in [-0.2, -0.15) is 5.48 Å². The number of carbonyl (C=O) groups excluding carboxylic acids is 2. The Hall–Kier alpha value is -3.35. The molecule has 5 N–H and O–H groups in total. The summed E-state index contributed by atoms with van der Waals surface area (Å²) in [5.74, 6) is -1.22. The summed E-state index contributed by atoms with van der Waals surface area (Å²) in [4.78, 5) is 30.1. The molecule has 11 nitrogen and oxygen atoms in total. The van der Waals surface area contributed by atoms with Crippen LogP contribution in [0.3, 0.4) is 0 Å². The Balaban J connectivity index is 1.47. The molecule has 3 rings (SSSR count). The highest BCUT2D eigenvalue weighted by atomic mass is 32.2. The molecule has 0 aromatic heterocycles. The van der Waals surface area contributed by atoms with Crippen LogP contribution in [-0.2, 0) is 19.7 Å². The molecular formula is C24H32N4O7S. The Morgan fingerprint density at radius 3 is 2.42 bits per heavy atom. The summed E-state index contributed by atoms with van der Waals surface area (Å²) in [5, 5.41) is 23.8. The Bertz CT molecular complexity index is 1160. The zero-order valence-corrected chi connectivity index (χ0v) is 21.0. The number of hydrogen-bond acceptors (Lipinski definition) is 9. The van der Waals surface area contributed by atoms with Crippen molar-refractivity contribution in [3.05, 3.63) is 53.6 Å². The molecule has 1 atom stereocenters. The van der Waals surface area contributed by atoms with Gasteiger partial charge in [0, 0.05) is 43.3 Å². The van der Waals surface area contributed by atoms with Gasteiger partial charge in [0.2, 0.25) is 10.0 Å². The molecule has 1 aliphatic rings. The zero-order chi connectivity index (χ0) is 26.3. The number of phenolic OH excluding ortho intramolecular Hbond substituents is 1. The maximum absolute atomic E-state index is 12.0. The third-order valence-corrected chi connectivity index (χ3v) is 6.43. The maximum Gasteiger partial charge on any atom is 0.331 e. The number of aliphatic hydroxyl groups is 1. The van der Waals surface area contributed by atoms with Gasteiger partial charge in [-0.3, -0.25) is 9.52 Å². The van der Waals surface area contributed by atoms with Gasteiger partial charge in [0.05, 0.1) is 18.0 Å². The van der Waals surface area contributed by atoms with E-state index in [9.17, 15) is 28.2 Å². The van der Waals surface area contributed by atoms with E-state index in [0.29, 0.717) is 11.1 Å². The number of aromatic hydroxyl groups is 1. The van der Waals surface area contributed by atoms with Crippen molar-refractivity contribution in [2.75, 3.05) is 35.5 Å². The highest BCUT2D eigenvalue weighted by Crippen LogP contribution is 2.28. The zero-order valence-electron chi connectivity index (χ0n) is 20.2. The predicted octanol–water partition coefficient (Wildman–Crippen LogP) is 1.65. The topological polar surface area (TPSA) is 157 Å². The predicted molar refractivity (Wildman–Crippen MR) is 135 cm³/mol. The highest BCUT2D eigenvalue weighted by Gasteiger charge is 2.21. The number of benzene rings is 2. The van der Waals surface area contributed by atoms with Crippen LogP contribution >= 0.6 is 0 Å². The van der Waals surface area contributed by atoms with E-state index in [-0.39, 0.29) is 30.4 Å². The average Bonchev–Trinajstić information content (AvgIpc) is 2.86. The van der Waals surface area contributed by atoms with Crippen LogP contribution in [0.2, 0.25) is 0 Å². The summed E-state index contributed by atoms with van der Waals surface area (Å²) >= 11 is 0. The molecule has 0 radical (unpaired) electrons. The van der Waals surface area contributed by atoms with Gasteiger partial charge in [-0.05, 0) is 54.8 Å². The van der Waals surface area contributed by atoms with Crippen molar-refractivity contribution < 1.29 is 33.1 Å². The lowest BCUT2D eigenvalue weighted by Gasteiger charge is -2.34. The highest BCUT2D eigenvalue weighted by molar-refractivity contribution is 7.92. The van der Waals surface area contributed by atoms with Crippen molar-refractivity contribution in [1.29, 1.82) is 0 Å². The Morgan fingerprint density at radius 1 is 1.14 bits per heavy atom. The quantitative estimate of drug-likeness (QED) is 0.245. The molecule has 1 saturated heterocycles. The van der Waals surface area contributed by atoms with E-state index in [2.05, 4.69) is 25.3 Å². The molecule has 1 amide bonds. The van der Waals surface area contributed by atoms with Gasteiger partial charge in [-0.15, -0.1) is 0 Å². The van der Waals surface area contributed by atoms with Crippen LogP contribution in [0.4, 0.5) is 11.4 Å². The molecule has 36 heavy (non-hydrogen) atoms. The number of piperidine rings is 1. The number of anilines is 2. The average molecular weight is 521 g/mol. The second-order valence-corrected chi connectivity index (χ2v) is 10.4. The van der Waals surface area contributed by atoms with Crippen molar-refractivity contribution >= 4 is 33.3 Å². The molecule has 0 unspecified atom stereocenters. The van der Waals surface area contributed by atoms with E-state index >= 15 is 0 Å². The molecule has 0 spiro atoms. The second kappa shape index (κ2) is 12.1. The fourth-order valence-corrected chi connectivity index (χ4v) is 4.40. The maximum atomic E-state index is 12.0. The van der Waals surface area contributed by atoms with Crippen LogP contribution in [-0.4, -0.2) is 62.4 Å². The summed E-state index contributed by atoms with van der Waals surface area (Å²) in [6.07, 6.45) is 1.97. The van der Waals surface area contributed by atoms with Crippen molar-refractivity contribution in [3.8, 4) is 5.75 Å². The molecule has 0 saturated carbocycles. The fourth-order valence-electron chi connectivity index (χ4n) is 3.84. The van der Waals surface area contributed by atoms with Crippen molar-refractivity contribution in [2.45, 2.75) is 38.3 Å². The van der Waals surface area contributed by atoms with E-state index < -0.39 is 28.0 Å². The number of hydrogen-bond donors (Lipinski definition) is 5. The lowest BCUT2D eigenvalue weighted by molar-refractivity contribution is -0.148. The number of phenols is 1. The van der Waals surface area contributed by atoms with E-state index in [1.54, 1.807) is 25.1 Å². The monoisotopic (exact) mass is 520 g/mol. The molecule has 0 bridgehead atoms. The minimum Gasteiger partial charge on any atom is -0.506 e. The Kier molecular flexibility index (Phi) is 9.13. The lowest BCUT2D eigenvalue weighted by Crippen LogP contribution is -2.43. The standard InChI is InChI=1S/C24H32N4O7S/c1-3-23(31)35-26-24(32)16-4-7-19(8-5-16)28-12-10-18(11-13-28)25-15-22(30)17-6-9-21(29)20(14-17)27-36(2,33)34/h4-9,14,18,22,25,27,29-30H,3,10-13,15H2,1-2H3,(H,26,32)/t22-/m0/s1. The molecule has 2 aromatic rings. The van der Waals surface area contributed by atoms with E-state index in [1.165, 1.54) is 12.1 Å².